The second-order valence-electron chi connectivity index (χ2n) is 2.89. The maximum atomic E-state index is 10.7. The third-order valence-corrected chi connectivity index (χ3v) is 2.15. The third kappa shape index (κ3) is 9.51. The van der Waals surface area contributed by atoms with Crippen molar-refractivity contribution < 1.29 is 19.4 Å². The van der Waals surface area contributed by atoms with Gasteiger partial charge in [-0.1, -0.05) is 28.8 Å². The van der Waals surface area contributed by atoms with Crippen molar-refractivity contribution in [2.45, 2.75) is 32.1 Å². The molecule has 0 saturated heterocycles. The molecule has 0 bridgehead atoms. The minimum absolute atomic E-state index is 0.328. The van der Waals surface area contributed by atoms with Gasteiger partial charge in [0.15, 0.2) is 0 Å². The number of alkyl halides is 1. The zero-order chi connectivity index (χ0) is 10.8. The van der Waals surface area contributed by atoms with Crippen molar-refractivity contribution >= 4 is 27.9 Å². The Kier molecular flexibility index (Phi) is 8.62. The van der Waals surface area contributed by atoms with Gasteiger partial charge in [0.25, 0.3) is 0 Å². The molecule has 0 rings (SSSR count). The van der Waals surface area contributed by atoms with Crippen LogP contribution in [0.3, 0.4) is 0 Å². The van der Waals surface area contributed by atoms with E-state index < -0.39 is 18.4 Å². The summed E-state index contributed by atoms with van der Waals surface area (Å²) in [7, 11) is 0. The lowest BCUT2D eigenvalue weighted by atomic mass is 10.2. The molecule has 0 amide bonds. The van der Waals surface area contributed by atoms with Crippen LogP contribution in [-0.2, 0) is 14.3 Å². The summed E-state index contributed by atoms with van der Waals surface area (Å²) < 4.78 is 4.70. The van der Waals surface area contributed by atoms with Gasteiger partial charge in [0.2, 0.25) is 0 Å². The number of hydrogen-bond donors (Lipinski definition) is 1. The molecule has 0 aliphatic heterocycles. The highest BCUT2D eigenvalue weighted by Crippen LogP contribution is 2.02. The summed E-state index contributed by atoms with van der Waals surface area (Å²) in [5.74, 6) is -1.80. The van der Waals surface area contributed by atoms with E-state index in [1.54, 1.807) is 0 Å². The van der Waals surface area contributed by atoms with Crippen molar-refractivity contribution in [1.29, 1.82) is 0 Å². The summed E-state index contributed by atoms with van der Waals surface area (Å²) in [4.78, 5) is 20.8. The fourth-order valence-electron chi connectivity index (χ4n) is 0.911. The Labute approximate surface area is 91.8 Å². The number of carbonyl (C=O) groups is 2. The topological polar surface area (TPSA) is 63.6 Å². The quantitative estimate of drug-likeness (QED) is 0.316. The normalized spacial score (nSPS) is 9.79. The SMILES string of the molecule is O=C(O)CC(=O)OCCCCCCBr. The Morgan fingerprint density at radius 1 is 1.14 bits per heavy atom. The number of ether oxygens (including phenoxy) is 1. The molecule has 0 heterocycles. The molecule has 0 aromatic carbocycles. The lowest BCUT2D eigenvalue weighted by Gasteiger charge is -2.02. The molecule has 1 N–H and O–H groups in total. The van der Waals surface area contributed by atoms with Crippen molar-refractivity contribution in [1.82, 2.24) is 0 Å². The van der Waals surface area contributed by atoms with Gasteiger partial charge in [-0.2, -0.15) is 0 Å². The molecule has 0 atom stereocenters. The Bertz CT molecular complexity index is 182. The van der Waals surface area contributed by atoms with Gasteiger partial charge in [-0.25, -0.2) is 0 Å². The van der Waals surface area contributed by atoms with Crippen molar-refractivity contribution in [2.24, 2.45) is 0 Å². The van der Waals surface area contributed by atoms with Crippen LogP contribution in [0.15, 0.2) is 0 Å². The third-order valence-electron chi connectivity index (χ3n) is 1.59. The molecular formula is C9H15BrO4. The van der Waals surface area contributed by atoms with Crippen molar-refractivity contribution in [3.8, 4) is 0 Å². The van der Waals surface area contributed by atoms with Crippen LogP contribution in [0.5, 0.6) is 0 Å². The predicted molar refractivity (Wildman–Crippen MR) is 55.5 cm³/mol. The molecule has 0 unspecified atom stereocenters. The first-order chi connectivity index (χ1) is 6.66. The smallest absolute Gasteiger partial charge is 0.317 e. The molecule has 0 saturated carbocycles. The first kappa shape index (κ1) is 13.4. The maximum absolute atomic E-state index is 10.7. The molecule has 0 aliphatic carbocycles. The molecule has 0 aromatic heterocycles. The number of carboxylic acid groups (broad SMARTS) is 1. The molecule has 5 heteroatoms. The van der Waals surface area contributed by atoms with Crippen LogP contribution < -0.4 is 0 Å². The van der Waals surface area contributed by atoms with Crippen molar-refractivity contribution in [3.63, 3.8) is 0 Å². The predicted octanol–water partition coefficient (Wildman–Crippen LogP) is 1.96. The van der Waals surface area contributed by atoms with Crippen LogP contribution in [0.2, 0.25) is 0 Å². The van der Waals surface area contributed by atoms with Crippen LogP contribution in [0.4, 0.5) is 0 Å². The van der Waals surface area contributed by atoms with Gasteiger partial charge in [-0.05, 0) is 12.8 Å². The molecule has 82 valence electrons. The minimum Gasteiger partial charge on any atom is -0.481 e. The first-order valence-electron chi connectivity index (χ1n) is 4.60. The number of aliphatic carboxylic acids is 1. The van der Waals surface area contributed by atoms with Crippen molar-refractivity contribution in [3.05, 3.63) is 0 Å². The highest BCUT2D eigenvalue weighted by atomic mass is 79.9. The van der Waals surface area contributed by atoms with Gasteiger partial charge in [0, 0.05) is 5.33 Å². The van der Waals surface area contributed by atoms with E-state index >= 15 is 0 Å². The summed E-state index contributed by atoms with van der Waals surface area (Å²) in [6.45, 7) is 0.328. The standard InChI is InChI=1S/C9H15BrO4/c10-5-3-1-2-4-6-14-9(13)7-8(11)12/h1-7H2,(H,11,12). The van der Waals surface area contributed by atoms with Gasteiger partial charge < -0.3 is 9.84 Å². The van der Waals surface area contributed by atoms with E-state index in [2.05, 4.69) is 15.9 Å². The molecule has 4 nitrogen and oxygen atoms in total. The largest absolute Gasteiger partial charge is 0.481 e. The van der Waals surface area contributed by atoms with E-state index in [-0.39, 0.29) is 0 Å². The van der Waals surface area contributed by atoms with Gasteiger partial charge in [0.1, 0.15) is 6.42 Å². The van der Waals surface area contributed by atoms with E-state index in [1.807, 2.05) is 0 Å². The van der Waals surface area contributed by atoms with Gasteiger partial charge in [-0.15, -0.1) is 0 Å². The number of carboxylic acids is 1. The minimum atomic E-state index is -1.14. The second-order valence-corrected chi connectivity index (χ2v) is 3.69. The monoisotopic (exact) mass is 266 g/mol. The fourth-order valence-corrected chi connectivity index (χ4v) is 1.31. The van der Waals surface area contributed by atoms with Gasteiger partial charge in [-0.3, -0.25) is 9.59 Å². The Morgan fingerprint density at radius 3 is 2.36 bits per heavy atom. The Morgan fingerprint density at radius 2 is 1.79 bits per heavy atom. The van der Waals surface area contributed by atoms with E-state index in [4.69, 9.17) is 9.84 Å². The number of unbranched alkanes of at least 4 members (excludes halogenated alkanes) is 3. The number of halogens is 1. The first-order valence-corrected chi connectivity index (χ1v) is 5.72. The Hall–Kier alpha value is -0.580. The highest BCUT2D eigenvalue weighted by molar-refractivity contribution is 9.09. The van der Waals surface area contributed by atoms with Gasteiger partial charge in [0.05, 0.1) is 6.61 Å². The van der Waals surface area contributed by atoms with Crippen LogP contribution in [0.25, 0.3) is 0 Å². The highest BCUT2D eigenvalue weighted by Gasteiger charge is 2.07. The molecule has 0 aromatic rings. The van der Waals surface area contributed by atoms with Crippen molar-refractivity contribution in [2.75, 3.05) is 11.9 Å². The molecule has 0 radical (unpaired) electrons. The second kappa shape index (κ2) is 8.99. The van der Waals surface area contributed by atoms with Crippen LogP contribution in [-0.4, -0.2) is 29.0 Å². The zero-order valence-electron chi connectivity index (χ0n) is 8.00. The molecule has 0 spiro atoms. The summed E-state index contributed by atoms with van der Waals surface area (Å²) in [6.07, 6.45) is 3.48. The van der Waals surface area contributed by atoms with Crippen LogP contribution in [0.1, 0.15) is 32.1 Å². The number of rotatable bonds is 8. The lowest BCUT2D eigenvalue weighted by molar-refractivity contribution is -0.151. The Balaban J connectivity index is 3.19. The van der Waals surface area contributed by atoms with E-state index in [0.29, 0.717) is 6.61 Å². The zero-order valence-corrected chi connectivity index (χ0v) is 9.59. The maximum Gasteiger partial charge on any atom is 0.317 e. The summed E-state index contributed by atoms with van der Waals surface area (Å²) in [5, 5.41) is 9.24. The summed E-state index contributed by atoms with van der Waals surface area (Å²) in [5.41, 5.74) is 0. The average molecular weight is 267 g/mol. The summed E-state index contributed by atoms with van der Waals surface area (Å²) >= 11 is 3.32. The molecule has 0 fully saturated rings. The van der Waals surface area contributed by atoms with Gasteiger partial charge >= 0.3 is 11.9 Å². The van der Waals surface area contributed by atoms with E-state index in [0.717, 1.165) is 31.0 Å². The average Bonchev–Trinajstić information content (AvgIpc) is 2.10. The lowest BCUT2D eigenvalue weighted by Crippen LogP contribution is -2.11. The fraction of sp³-hybridized carbons (Fsp3) is 0.778. The summed E-state index contributed by atoms with van der Waals surface area (Å²) in [6, 6.07) is 0. The number of esters is 1. The molecule has 14 heavy (non-hydrogen) atoms. The van der Waals surface area contributed by atoms with Crippen LogP contribution >= 0.6 is 15.9 Å². The number of carbonyl (C=O) groups excluding carboxylic acids is 1. The van der Waals surface area contributed by atoms with E-state index in [1.165, 1.54) is 0 Å². The molecular weight excluding hydrogens is 252 g/mol. The molecule has 0 aliphatic rings. The van der Waals surface area contributed by atoms with Crippen LogP contribution in [0, 0.1) is 0 Å². The number of hydrogen-bond acceptors (Lipinski definition) is 3. The van der Waals surface area contributed by atoms with E-state index in [9.17, 15) is 9.59 Å².